The fraction of sp³-hybridized carbons (Fsp3) is 0.619. The van der Waals surface area contributed by atoms with E-state index in [0.29, 0.717) is 30.8 Å². The zero-order chi connectivity index (χ0) is 20.8. The predicted molar refractivity (Wildman–Crippen MR) is 107 cm³/mol. The number of carboxylic acids is 1. The van der Waals surface area contributed by atoms with Gasteiger partial charge in [-0.25, -0.2) is 4.39 Å². The van der Waals surface area contributed by atoms with E-state index in [-0.39, 0.29) is 11.7 Å². The van der Waals surface area contributed by atoms with Crippen molar-refractivity contribution in [3.05, 3.63) is 41.0 Å². The number of aromatic amines is 1. The predicted octanol–water partition coefficient (Wildman–Crippen LogP) is 3.40. The molecule has 1 saturated heterocycles. The highest BCUT2D eigenvalue weighted by Crippen LogP contribution is 2.31. The quantitative estimate of drug-likeness (QED) is 0.666. The number of halogens is 1. The fourth-order valence-electron chi connectivity index (χ4n) is 4.14. The highest BCUT2D eigenvalue weighted by Gasteiger charge is 2.33. The van der Waals surface area contributed by atoms with Gasteiger partial charge in [-0.3, -0.25) is 9.69 Å². The van der Waals surface area contributed by atoms with Crippen LogP contribution in [0.4, 0.5) is 4.39 Å². The van der Waals surface area contributed by atoms with Crippen molar-refractivity contribution < 1.29 is 14.3 Å². The van der Waals surface area contributed by atoms with Crippen molar-refractivity contribution in [2.24, 2.45) is 11.8 Å². The lowest BCUT2D eigenvalue weighted by atomic mass is 9.81. The minimum Gasteiger partial charge on any atom is -0.481 e. The molecule has 0 saturated carbocycles. The molecule has 8 heteroatoms. The van der Waals surface area contributed by atoms with Gasteiger partial charge in [-0.15, -0.1) is 10.2 Å². The van der Waals surface area contributed by atoms with Gasteiger partial charge in [0.15, 0.2) is 5.82 Å². The fourth-order valence-corrected chi connectivity index (χ4v) is 4.14. The van der Waals surface area contributed by atoms with Gasteiger partial charge in [0, 0.05) is 18.0 Å². The third kappa shape index (κ3) is 5.82. The molecule has 2 aromatic rings. The number of nitrogens with one attached hydrogen (secondary N) is 1. The normalized spacial score (nSPS) is 17.4. The smallest absolute Gasteiger partial charge is 0.307 e. The molecule has 2 N–H and O–H groups in total. The maximum atomic E-state index is 14.8. The van der Waals surface area contributed by atoms with Crippen LogP contribution in [0, 0.1) is 17.7 Å². The maximum Gasteiger partial charge on any atom is 0.307 e. The van der Waals surface area contributed by atoms with Crippen LogP contribution in [0.15, 0.2) is 18.2 Å². The van der Waals surface area contributed by atoms with E-state index in [2.05, 4.69) is 25.5 Å². The first-order valence-electron chi connectivity index (χ1n) is 10.4. The first kappa shape index (κ1) is 21.4. The van der Waals surface area contributed by atoms with Gasteiger partial charge in [-0.2, -0.15) is 5.21 Å². The summed E-state index contributed by atoms with van der Waals surface area (Å²) in [4.78, 5) is 14.2. The van der Waals surface area contributed by atoms with E-state index >= 15 is 0 Å². The lowest BCUT2D eigenvalue weighted by Crippen LogP contribution is -2.29. The second kappa shape index (κ2) is 9.91. The van der Waals surface area contributed by atoms with Gasteiger partial charge in [0.25, 0.3) is 0 Å². The first-order chi connectivity index (χ1) is 13.9. The summed E-state index contributed by atoms with van der Waals surface area (Å²) in [5, 5.41) is 23.8. The molecule has 0 spiro atoms. The molecule has 0 radical (unpaired) electrons. The molecule has 29 heavy (non-hydrogen) atoms. The summed E-state index contributed by atoms with van der Waals surface area (Å²) in [6, 6.07) is 5.25. The number of nitrogens with zero attached hydrogens (tertiary/aromatic N) is 4. The van der Waals surface area contributed by atoms with Crippen molar-refractivity contribution in [1.82, 2.24) is 25.5 Å². The number of tetrazole rings is 1. The third-order valence-electron chi connectivity index (χ3n) is 5.64. The highest BCUT2D eigenvalue weighted by atomic mass is 19.1. The topological polar surface area (TPSA) is 95.0 Å². The number of carboxylic acid groups (broad SMARTS) is 1. The summed E-state index contributed by atoms with van der Waals surface area (Å²) in [6.07, 6.45) is 4.42. The number of likely N-dealkylation sites (tertiary alicyclic amines) is 1. The molecule has 1 aromatic carbocycles. The van der Waals surface area contributed by atoms with Gasteiger partial charge in [-0.05, 0) is 56.3 Å². The number of carbonyl (C=O) groups is 1. The monoisotopic (exact) mass is 403 g/mol. The van der Waals surface area contributed by atoms with E-state index < -0.39 is 17.8 Å². The van der Waals surface area contributed by atoms with Crippen LogP contribution in [0.1, 0.15) is 62.4 Å². The van der Waals surface area contributed by atoms with Crippen LogP contribution < -0.4 is 0 Å². The molecule has 7 nitrogen and oxygen atoms in total. The minimum atomic E-state index is -0.893. The summed E-state index contributed by atoms with van der Waals surface area (Å²) in [6.45, 7) is 6.61. The van der Waals surface area contributed by atoms with Crippen molar-refractivity contribution >= 4 is 5.97 Å². The zero-order valence-electron chi connectivity index (χ0n) is 17.1. The molecular formula is C21H30FN5O2. The largest absolute Gasteiger partial charge is 0.481 e. The molecule has 0 unspecified atom stereocenters. The Bertz CT molecular complexity index is 790. The lowest BCUT2D eigenvalue weighted by Gasteiger charge is -2.27. The minimum absolute atomic E-state index is 0.203. The average Bonchev–Trinajstić information content (AvgIpc) is 3.21. The van der Waals surface area contributed by atoms with Crippen LogP contribution in [-0.4, -0.2) is 49.7 Å². The zero-order valence-corrected chi connectivity index (χ0v) is 17.1. The van der Waals surface area contributed by atoms with E-state index in [1.807, 2.05) is 26.0 Å². The van der Waals surface area contributed by atoms with E-state index in [0.717, 1.165) is 18.7 Å². The summed E-state index contributed by atoms with van der Waals surface area (Å²) < 4.78 is 14.8. The van der Waals surface area contributed by atoms with Gasteiger partial charge >= 0.3 is 5.97 Å². The second-order valence-corrected chi connectivity index (χ2v) is 8.42. The van der Waals surface area contributed by atoms with Crippen LogP contribution in [0.3, 0.4) is 0 Å². The number of rotatable bonds is 9. The Kier molecular flexibility index (Phi) is 7.30. The lowest BCUT2D eigenvalue weighted by molar-refractivity contribution is -0.143. The Morgan fingerprint density at radius 1 is 1.28 bits per heavy atom. The van der Waals surface area contributed by atoms with Crippen LogP contribution >= 0.6 is 0 Å². The Morgan fingerprint density at radius 3 is 2.62 bits per heavy atom. The second-order valence-electron chi connectivity index (χ2n) is 8.42. The highest BCUT2D eigenvalue weighted by molar-refractivity contribution is 5.71. The number of piperidine rings is 1. The first-order valence-corrected chi connectivity index (χ1v) is 10.4. The van der Waals surface area contributed by atoms with E-state index in [9.17, 15) is 14.3 Å². The standard InChI is InChI=1S/C21H30FN5O2/c1-14(2)10-18(21(28)29)17(20-23-25-26-24-20)11-15-6-7-16(19(22)12-15)13-27-8-4-3-5-9-27/h6-7,12,14,17-18H,3-5,8-11,13H2,1-2H3,(H,28,29)(H,23,24,25,26)/t17-,18-/m0/s1. The van der Waals surface area contributed by atoms with Gasteiger partial charge < -0.3 is 5.11 Å². The van der Waals surface area contributed by atoms with Crippen molar-refractivity contribution in [3.63, 3.8) is 0 Å². The molecule has 158 valence electrons. The van der Waals surface area contributed by atoms with Gasteiger partial charge in [0.05, 0.1) is 5.92 Å². The Balaban J connectivity index is 1.78. The van der Waals surface area contributed by atoms with E-state index in [1.165, 1.54) is 25.3 Å². The van der Waals surface area contributed by atoms with E-state index in [4.69, 9.17) is 0 Å². The number of aliphatic carboxylic acids is 1. The summed E-state index contributed by atoms with van der Waals surface area (Å²) >= 11 is 0. The summed E-state index contributed by atoms with van der Waals surface area (Å²) in [5.41, 5.74) is 1.43. The van der Waals surface area contributed by atoms with Crippen molar-refractivity contribution in [1.29, 1.82) is 0 Å². The van der Waals surface area contributed by atoms with Crippen molar-refractivity contribution in [2.75, 3.05) is 13.1 Å². The molecule has 3 rings (SSSR count). The van der Waals surface area contributed by atoms with Crippen LogP contribution in [0.2, 0.25) is 0 Å². The number of aromatic nitrogens is 4. The number of hydrogen-bond acceptors (Lipinski definition) is 5. The third-order valence-corrected chi connectivity index (χ3v) is 5.64. The molecule has 1 aliphatic heterocycles. The molecule has 0 bridgehead atoms. The van der Waals surface area contributed by atoms with Crippen LogP contribution in [0.5, 0.6) is 0 Å². The van der Waals surface area contributed by atoms with Crippen molar-refractivity contribution in [2.45, 2.75) is 58.4 Å². The number of benzene rings is 1. The molecule has 2 atom stereocenters. The van der Waals surface area contributed by atoms with Gasteiger partial charge in [0.1, 0.15) is 5.82 Å². The van der Waals surface area contributed by atoms with Gasteiger partial charge in [-0.1, -0.05) is 37.6 Å². The van der Waals surface area contributed by atoms with Crippen molar-refractivity contribution in [3.8, 4) is 0 Å². The summed E-state index contributed by atoms with van der Waals surface area (Å²) in [7, 11) is 0. The average molecular weight is 404 g/mol. The molecule has 0 aliphatic carbocycles. The van der Waals surface area contributed by atoms with Gasteiger partial charge in [0.2, 0.25) is 0 Å². The molecular weight excluding hydrogens is 373 g/mol. The van der Waals surface area contributed by atoms with Crippen LogP contribution in [-0.2, 0) is 17.8 Å². The molecule has 1 aliphatic rings. The Hall–Kier alpha value is -2.35. The summed E-state index contributed by atoms with van der Waals surface area (Å²) in [5.74, 6) is -1.71. The SMILES string of the molecule is CC(C)C[C@H](C(=O)O)[C@H](Cc1ccc(CN2CCCCC2)c(F)c1)c1nn[nH]n1. The Labute approximate surface area is 170 Å². The Morgan fingerprint density at radius 2 is 2.03 bits per heavy atom. The molecule has 1 fully saturated rings. The number of hydrogen-bond donors (Lipinski definition) is 2. The maximum absolute atomic E-state index is 14.8. The van der Waals surface area contributed by atoms with Crippen LogP contribution in [0.25, 0.3) is 0 Å². The molecule has 2 heterocycles. The number of H-pyrrole nitrogens is 1. The van der Waals surface area contributed by atoms with E-state index in [1.54, 1.807) is 0 Å². The molecule has 0 amide bonds. The molecule has 1 aromatic heterocycles.